The van der Waals surface area contributed by atoms with Crippen LogP contribution in [0.1, 0.15) is 49.9 Å². The van der Waals surface area contributed by atoms with E-state index in [-0.39, 0.29) is 43.0 Å². The summed E-state index contributed by atoms with van der Waals surface area (Å²) in [5.74, 6) is 0.728. The highest BCUT2D eigenvalue weighted by atomic mass is 16.5. The van der Waals surface area contributed by atoms with Crippen LogP contribution in [-0.4, -0.2) is 66.7 Å². The summed E-state index contributed by atoms with van der Waals surface area (Å²) < 4.78 is 23.9. The number of pyridine rings is 1. The molecule has 0 atom stereocenters. The number of carbonyl (C=O) groups is 2. The SMILES string of the molecule is CCOC(=O)c1cn(-c2ccc(-c3cc4ncccc4o3)cc2)nc1N(C(=O)C1CCC(C)CC1)C(COC)COC. The van der Waals surface area contributed by atoms with E-state index in [2.05, 4.69) is 11.9 Å². The van der Waals surface area contributed by atoms with E-state index in [1.165, 1.54) is 0 Å². The van der Waals surface area contributed by atoms with Crippen LogP contribution in [0.15, 0.2) is 59.3 Å². The van der Waals surface area contributed by atoms with E-state index in [1.807, 2.05) is 42.5 Å². The number of fused-ring (bicyclic) bond motifs is 1. The number of rotatable bonds is 11. The summed E-state index contributed by atoms with van der Waals surface area (Å²) in [6.45, 7) is 4.60. The average molecular weight is 575 g/mol. The molecule has 0 radical (unpaired) electrons. The van der Waals surface area contributed by atoms with Gasteiger partial charge in [0.15, 0.2) is 11.4 Å². The first kappa shape index (κ1) is 29.5. The lowest BCUT2D eigenvalue weighted by Crippen LogP contribution is -2.49. The molecular weight excluding hydrogens is 536 g/mol. The molecule has 42 heavy (non-hydrogen) atoms. The first-order valence-electron chi connectivity index (χ1n) is 14.5. The molecule has 3 aromatic heterocycles. The Labute approximate surface area is 245 Å². The number of ether oxygens (including phenoxy) is 3. The minimum absolute atomic E-state index is 0.0781. The third kappa shape index (κ3) is 6.24. The summed E-state index contributed by atoms with van der Waals surface area (Å²) in [4.78, 5) is 33.3. The Balaban J connectivity index is 1.53. The van der Waals surface area contributed by atoms with Crippen molar-refractivity contribution in [1.82, 2.24) is 14.8 Å². The molecule has 0 saturated heterocycles. The van der Waals surface area contributed by atoms with Gasteiger partial charge in [-0.1, -0.05) is 6.92 Å². The lowest BCUT2D eigenvalue weighted by atomic mass is 9.82. The third-order valence-electron chi connectivity index (χ3n) is 7.81. The molecule has 5 rings (SSSR count). The number of esters is 1. The van der Waals surface area contributed by atoms with Gasteiger partial charge in [-0.05, 0) is 74.9 Å². The molecule has 1 fully saturated rings. The fraction of sp³-hybridized carbons (Fsp3) is 0.438. The number of hydrogen-bond acceptors (Lipinski definition) is 8. The van der Waals surface area contributed by atoms with Gasteiger partial charge in [-0.25, -0.2) is 9.48 Å². The molecule has 10 nitrogen and oxygen atoms in total. The zero-order chi connectivity index (χ0) is 29.6. The lowest BCUT2D eigenvalue weighted by molar-refractivity contribution is -0.124. The first-order chi connectivity index (χ1) is 20.4. The largest absolute Gasteiger partial charge is 0.462 e. The van der Waals surface area contributed by atoms with E-state index in [1.54, 1.807) is 43.1 Å². The summed E-state index contributed by atoms with van der Waals surface area (Å²) in [6, 6.07) is 12.7. The van der Waals surface area contributed by atoms with E-state index in [9.17, 15) is 9.59 Å². The summed E-state index contributed by atoms with van der Waals surface area (Å²) in [5.41, 5.74) is 3.29. The van der Waals surface area contributed by atoms with Gasteiger partial charge in [-0.3, -0.25) is 14.7 Å². The van der Waals surface area contributed by atoms with Crippen LogP contribution in [0.2, 0.25) is 0 Å². The molecule has 0 unspecified atom stereocenters. The lowest BCUT2D eigenvalue weighted by Gasteiger charge is -2.35. The van der Waals surface area contributed by atoms with Gasteiger partial charge < -0.3 is 18.6 Å². The molecule has 1 saturated carbocycles. The number of methoxy groups -OCH3 is 2. The van der Waals surface area contributed by atoms with Gasteiger partial charge in [-0.15, -0.1) is 5.10 Å². The minimum atomic E-state index is -0.547. The fourth-order valence-corrected chi connectivity index (χ4v) is 5.56. The fourth-order valence-electron chi connectivity index (χ4n) is 5.56. The number of aromatic nitrogens is 3. The van der Waals surface area contributed by atoms with Gasteiger partial charge in [0.05, 0.1) is 31.5 Å². The molecule has 1 amide bonds. The Morgan fingerprint density at radius 2 is 1.79 bits per heavy atom. The van der Waals surface area contributed by atoms with E-state index in [0.717, 1.165) is 36.8 Å². The predicted octanol–water partition coefficient (Wildman–Crippen LogP) is 5.68. The number of carbonyl (C=O) groups excluding carboxylic acids is 2. The van der Waals surface area contributed by atoms with Gasteiger partial charge in [0, 0.05) is 44.2 Å². The number of anilines is 1. The van der Waals surface area contributed by atoms with Gasteiger partial charge in [0.25, 0.3) is 0 Å². The highest BCUT2D eigenvalue weighted by Gasteiger charge is 2.37. The van der Waals surface area contributed by atoms with Crippen LogP contribution in [-0.2, 0) is 19.0 Å². The molecule has 3 heterocycles. The van der Waals surface area contributed by atoms with Crippen LogP contribution >= 0.6 is 0 Å². The van der Waals surface area contributed by atoms with Crippen molar-refractivity contribution in [2.45, 2.75) is 45.6 Å². The maximum absolute atomic E-state index is 14.1. The van der Waals surface area contributed by atoms with Crippen molar-refractivity contribution < 1.29 is 28.2 Å². The highest BCUT2D eigenvalue weighted by Crippen LogP contribution is 2.34. The quantitative estimate of drug-likeness (QED) is 0.211. The topological polar surface area (TPSA) is 109 Å². The van der Waals surface area contributed by atoms with Crippen LogP contribution in [0.5, 0.6) is 0 Å². The summed E-state index contributed by atoms with van der Waals surface area (Å²) in [6.07, 6.45) is 6.89. The van der Waals surface area contributed by atoms with Gasteiger partial charge in [0.2, 0.25) is 5.91 Å². The molecular formula is C32H38N4O6. The molecule has 0 aliphatic heterocycles. The molecule has 1 aliphatic rings. The third-order valence-corrected chi connectivity index (χ3v) is 7.81. The van der Waals surface area contributed by atoms with Crippen molar-refractivity contribution in [1.29, 1.82) is 0 Å². The Kier molecular flexibility index (Phi) is 9.34. The van der Waals surface area contributed by atoms with E-state index in [4.69, 9.17) is 23.7 Å². The molecule has 1 aromatic carbocycles. The maximum Gasteiger partial charge on any atom is 0.343 e. The average Bonchev–Trinajstić information content (AvgIpc) is 3.63. The number of furan rings is 1. The molecule has 4 aromatic rings. The Morgan fingerprint density at radius 1 is 1.07 bits per heavy atom. The number of benzene rings is 1. The van der Waals surface area contributed by atoms with E-state index >= 15 is 0 Å². The van der Waals surface area contributed by atoms with Crippen molar-refractivity contribution in [3.8, 4) is 17.0 Å². The van der Waals surface area contributed by atoms with Crippen LogP contribution in [0.25, 0.3) is 28.1 Å². The smallest absolute Gasteiger partial charge is 0.343 e. The summed E-state index contributed by atoms with van der Waals surface area (Å²) >= 11 is 0. The maximum atomic E-state index is 14.1. The summed E-state index contributed by atoms with van der Waals surface area (Å²) in [5, 5.41) is 4.81. The van der Waals surface area contributed by atoms with Crippen LogP contribution in [0.4, 0.5) is 5.82 Å². The number of amides is 1. The first-order valence-corrected chi connectivity index (χ1v) is 14.5. The van der Waals surface area contributed by atoms with Crippen LogP contribution < -0.4 is 4.90 Å². The Bertz CT molecular complexity index is 1460. The van der Waals surface area contributed by atoms with E-state index in [0.29, 0.717) is 22.9 Å². The zero-order valence-corrected chi connectivity index (χ0v) is 24.6. The molecule has 0 spiro atoms. The zero-order valence-electron chi connectivity index (χ0n) is 24.6. The second-order valence-corrected chi connectivity index (χ2v) is 10.8. The van der Waals surface area contributed by atoms with Crippen molar-refractivity contribution in [2.24, 2.45) is 11.8 Å². The van der Waals surface area contributed by atoms with Crippen LogP contribution in [0.3, 0.4) is 0 Å². The second kappa shape index (κ2) is 13.3. The van der Waals surface area contributed by atoms with Crippen molar-refractivity contribution in [2.75, 3.05) is 38.9 Å². The highest BCUT2D eigenvalue weighted by molar-refractivity contribution is 6.02. The monoisotopic (exact) mass is 574 g/mol. The van der Waals surface area contributed by atoms with E-state index < -0.39 is 12.0 Å². The standard InChI is InChI=1S/C32H38N4O6/c1-5-41-32(38)26-18-35(24-14-12-22(13-15-24)29-17-27-28(42-29)7-6-16-33-27)34-30(26)36(25(19-39-3)20-40-4)31(37)23-10-8-21(2)9-11-23/h6-7,12-18,21,23,25H,5,8-11,19-20H2,1-4H3. The Hall–Kier alpha value is -4.02. The number of nitrogens with zero attached hydrogens (tertiary/aromatic N) is 4. The second-order valence-electron chi connectivity index (χ2n) is 10.8. The van der Waals surface area contributed by atoms with Crippen molar-refractivity contribution >= 4 is 28.8 Å². The van der Waals surface area contributed by atoms with Crippen molar-refractivity contribution in [3.63, 3.8) is 0 Å². The molecule has 10 heteroatoms. The Morgan fingerprint density at radius 3 is 2.43 bits per heavy atom. The van der Waals surface area contributed by atoms with Crippen molar-refractivity contribution in [3.05, 3.63) is 60.4 Å². The van der Waals surface area contributed by atoms with Gasteiger partial charge >= 0.3 is 5.97 Å². The van der Waals surface area contributed by atoms with Crippen LogP contribution in [0, 0.1) is 11.8 Å². The minimum Gasteiger partial charge on any atom is -0.462 e. The molecule has 0 bridgehead atoms. The predicted molar refractivity (Wildman–Crippen MR) is 159 cm³/mol. The number of hydrogen-bond donors (Lipinski definition) is 0. The molecule has 222 valence electrons. The molecule has 0 N–H and O–H groups in total. The summed E-state index contributed by atoms with van der Waals surface area (Å²) in [7, 11) is 3.16. The van der Waals surface area contributed by atoms with Gasteiger partial charge in [-0.2, -0.15) is 0 Å². The molecule has 1 aliphatic carbocycles. The van der Waals surface area contributed by atoms with Gasteiger partial charge in [0.1, 0.15) is 16.8 Å². The normalized spacial score (nSPS) is 17.1.